The molecule has 1 heterocycles. The second-order valence-corrected chi connectivity index (χ2v) is 6.06. The lowest BCUT2D eigenvalue weighted by Gasteiger charge is -2.26. The van der Waals surface area contributed by atoms with Crippen LogP contribution < -0.4 is 5.32 Å². The smallest absolute Gasteiger partial charge is 0.170 e. The molecule has 2 nitrogen and oxygen atoms in total. The minimum atomic E-state index is -0.159. The van der Waals surface area contributed by atoms with Crippen molar-refractivity contribution in [3.63, 3.8) is 0 Å². The first kappa shape index (κ1) is 14.3. The molecule has 1 unspecified atom stereocenters. The number of benzene rings is 1. The molecule has 0 saturated carbocycles. The van der Waals surface area contributed by atoms with Gasteiger partial charge in [0.15, 0.2) is 5.78 Å². The van der Waals surface area contributed by atoms with Crippen molar-refractivity contribution in [1.82, 2.24) is 5.32 Å². The van der Waals surface area contributed by atoms with Gasteiger partial charge >= 0.3 is 0 Å². The minimum Gasteiger partial charge on any atom is -0.316 e. The molecule has 0 spiro atoms. The molecule has 0 aliphatic carbocycles. The van der Waals surface area contributed by atoms with Gasteiger partial charge in [0.25, 0.3) is 0 Å². The molecule has 1 saturated heterocycles. The molecule has 1 aliphatic rings. The van der Waals surface area contributed by atoms with Gasteiger partial charge in [0.05, 0.1) is 0 Å². The minimum absolute atomic E-state index is 0.159. The van der Waals surface area contributed by atoms with Gasteiger partial charge in [-0.3, -0.25) is 4.79 Å². The Morgan fingerprint density at radius 1 is 1.32 bits per heavy atom. The van der Waals surface area contributed by atoms with Crippen molar-refractivity contribution in [3.8, 4) is 0 Å². The van der Waals surface area contributed by atoms with Crippen LogP contribution in [-0.4, -0.2) is 18.9 Å². The van der Waals surface area contributed by atoms with E-state index in [0.717, 1.165) is 37.9 Å². The van der Waals surface area contributed by atoms with Gasteiger partial charge in [0, 0.05) is 17.5 Å². The number of carbonyl (C=O) groups is 1. The van der Waals surface area contributed by atoms with Crippen molar-refractivity contribution in [1.29, 1.82) is 0 Å². The Labute approximate surface area is 116 Å². The van der Waals surface area contributed by atoms with Crippen LogP contribution >= 0.6 is 0 Å². The Morgan fingerprint density at radius 2 is 2.00 bits per heavy atom. The van der Waals surface area contributed by atoms with Gasteiger partial charge in [0.2, 0.25) is 0 Å². The SMILES string of the molecule is CCCC1(C(=O)c2ccc(C(C)C)cc2)CCNC1. The first-order chi connectivity index (χ1) is 9.09. The van der Waals surface area contributed by atoms with Gasteiger partial charge in [-0.1, -0.05) is 51.5 Å². The quantitative estimate of drug-likeness (QED) is 0.815. The van der Waals surface area contributed by atoms with Crippen molar-refractivity contribution in [2.45, 2.75) is 46.0 Å². The zero-order valence-electron chi connectivity index (χ0n) is 12.3. The molecule has 0 amide bonds. The van der Waals surface area contributed by atoms with E-state index in [4.69, 9.17) is 0 Å². The highest BCUT2D eigenvalue weighted by molar-refractivity contribution is 6.01. The van der Waals surface area contributed by atoms with E-state index >= 15 is 0 Å². The number of rotatable bonds is 5. The van der Waals surface area contributed by atoms with Gasteiger partial charge in [-0.15, -0.1) is 0 Å². The fourth-order valence-corrected chi connectivity index (χ4v) is 3.07. The van der Waals surface area contributed by atoms with Crippen LogP contribution in [0.3, 0.4) is 0 Å². The van der Waals surface area contributed by atoms with Crippen molar-refractivity contribution >= 4 is 5.78 Å². The predicted octanol–water partition coefficient (Wildman–Crippen LogP) is 3.77. The maximum absolute atomic E-state index is 12.8. The number of hydrogen-bond acceptors (Lipinski definition) is 2. The molecule has 2 heteroatoms. The molecule has 0 radical (unpaired) electrons. The standard InChI is InChI=1S/C17H25NO/c1-4-9-17(10-11-18-12-17)16(19)15-7-5-14(6-8-15)13(2)3/h5-8,13,18H,4,9-12H2,1-3H3. The van der Waals surface area contributed by atoms with E-state index in [2.05, 4.69) is 38.2 Å². The Hall–Kier alpha value is -1.15. The zero-order chi connectivity index (χ0) is 13.9. The maximum Gasteiger partial charge on any atom is 0.170 e. The van der Waals surface area contributed by atoms with Gasteiger partial charge in [-0.25, -0.2) is 0 Å². The summed E-state index contributed by atoms with van der Waals surface area (Å²) in [5, 5.41) is 3.36. The maximum atomic E-state index is 12.8. The number of nitrogens with one attached hydrogen (secondary N) is 1. The summed E-state index contributed by atoms with van der Waals surface area (Å²) in [4.78, 5) is 12.8. The third-order valence-electron chi connectivity index (χ3n) is 4.29. The molecule has 104 valence electrons. The summed E-state index contributed by atoms with van der Waals surface area (Å²) in [5.41, 5.74) is 2.01. The van der Waals surface area contributed by atoms with Gasteiger partial charge in [-0.05, 0) is 30.9 Å². The van der Waals surface area contributed by atoms with Crippen LogP contribution in [-0.2, 0) is 0 Å². The van der Waals surface area contributed by atoms with Crippen LogP contribution in [0.15, 0.2) is 24.3 Å². The number of carbonyl (C=O) groups excluding carboxylic acids is 1. The predicted molar refractivity (Wildman–Crippen MR) is 79.7 cm³/mol. The first-order valence-electron chi connectivity index (χ1n) is 7.44. The zero-order valence-corrected chi connectivity index (χ0v) is 12.3. The molecule has 1 N–H and O–H groups in total. The normalized spacial score (nSPS) is 22.9. The van der Waals surface area contributed by atoms with Crippen molar-refractivity contribution in [2.24, 2.45) is 5.41 Å². The Bertz CT molecular complexity index is 427. The van der Waals surface area contributed by atoms with Crippen LogP contribution in [0.25, 0.3) is 0 Å². The Morgan fingerprint density at radius 3 is 2.47 bits per heavy atom. The molecule has 1 fully saturated rings. The molecule has 1 aromatic carbocycles. The molecular weight excluding hydrogens is 234 g/mol. The van der Waals surface area contributed by atoms with Crippen LogP contribution in [0.1, 0.15) is 61.9 Å². The van der Waals surface area contributed by atoms with Crippen LogP contribution in [0.2, 0.25) is 0 Å². The average molecular weight is 259 g/mol. The average Bonchev–Trinajstić information content (AvgIpc) is 2.88. The van der Waals surface area contributed by atoms with Crippen LogP contribution in [0.4, 0.5) is 0 Å². The largest absolute Gasteiger partial charge is 0.316 e. The molecule has 1 aliphatic heterocycles. The van der Waals surface area contributed by atoms with E-state index in [1.165, 1.54) is 5.56 Å². The summed E-state index contributed by atoms with van der Waals surface area (Å²) < 4.78 is 0. The highest BCUT2D eigenvalue weighted by Crippen LogP contribution is 2.35. The Balaban J connectivity index is 2.22. The molecule has 2 rings (SSSR count). The van der Waals surface area contributed by atoms with Crippen molar-refractivity contribution < 1.29 is 4.79 Å². The van der Waals surface area contributed by atoms with Gasteiger partial charge < -0.3 is 5.32 Å². The molecular formula is C17H25NO. The first-order valence-corrected chi connectivity index (χ1v) is 7.44. The van der Waals surface area contributed by atoms with E-state index in [-0.39, 0.29) is 5.41 Å². The second kappa shape index (κ2) is 5.87. The molecule has 1 aromatic rings. The summed E-state index contributed by atoms with van der Waals surface area (Å²) in [6, 6.07) is 8.21. The van der Waals surface area contributed by atoms with Gasteiger partial charge in [-0.2, -0.15) is 0 Å². The van der Waals surface area contributed by atoms with E-state index < -0.39 is 0 Å². The summed E-state index contributed by atoms with van der Waals surface area (Å²) in [7, 11) is 0. The molecule has 19 heavy (non-hydrogen) atoms. The summed E-state index contributed by atoms with van der Waals surface area (Å²) in [5.74, 6) is 0.844. The third kappa shape index (κ3) is 2.89. The molecule has 0 aromatic heterocycles. The summed E-state index contributed by atoms with van der Waals surface area (Å²) in [6.45, 7) is 8.32. The lowest BCUT2D eigenvalue weighted by Crippen LogP contribution is -2.33. The van der Waals surface area contributed by atoms with Gasteiger partial charge in [0.1, 0.15) is 0 Å². The Kier molecular flexibility index (Phi) is 4.41. The van der Waals surface area contributed by atoms with E-state index in [0.29, 0.717) is 11.7 Å². The fourth-order valence-electron chi connectivity index (χ4n) is 3.07. The summed E-state index contributed by atoms with van der Waals surface area (Å²) >= 11 is 0. The second-order valence-electron chi connectivity index (χ2n) is 6.06. The van der Waals surface area contributed by atoms with Crippen molar-refractivity contribution in [2.75, 3.05) is 13.1 Å². The topological polar surface area (TPSA) is 29.1 Å². The van der Waals surface area contributed by atoms with E-state index in [1.54, 1.807) is 0 Å². The number of ketones is 1. The molecule has 0 bridgehead atoms. The lowest BCUT2D eigenvalue weighted by molar-refractivity contribution is 0.0802. The van der Waals surface area contributed by atoms with E-state index in [1.807, 2.05) is 12.1 Å². The summed E-state index contributed by atoms with van der Waals surface area (Å²) in [6.07, 6.45) is 3.04. The highest BCUT2D eigenvalue weighted by atomic mass is 16.1. The van der Waals surface area contributed by atoms with Crippen LogP contribution in [0, 0.1) is 5.41 Å². The monoisotopic (exact) mass is 259 g/mol. The van der Waals surface area contributed by atoms with Crippen molar-refractivity contribution in [3.05, 3.63) is 35.4 Å². The number of hydrogen-bond donors (Lipinski definition) is 1. The molecule has 1 atom stereocenters. The van der Waals surface area contributed by atoms with Crippen LogP contribution in [0.5, 0.6) is 0 Å². The number of Topliss-reactive ketones (excluding diaryl/α,β-unsaturated/α-hetero) is 1. The fraction of sp³-hybridized carbons (Fsp3) is 0.588. The third-order valence-corrected chi connectivity index (χ3v) is 4.29. The highest BCUT2D eigenvalue weighted by Gasteiger charge is 2.40. The van der Waals surface area contributed by atoms with E-state index in [9.17, 15) is 4.79 Å². The lowest BCUT2D eigenvalue weighted by atomic mass is 9.76.